The third-order valence-corrected chi connectivity index (χ3v) is 6.32. The van der Waals surface area contributed by atoms with E-state index in [1.807, 2.05) is 24.3 Å². The van der Waals surface area contributed by atoms with E-state index in [0.717, 1.165) is 42.4 Å². The number of amides is 1. The maximum absolute atomic E-state index is 13.1. The second-order valence-corrected chi connectivity index (χ2v) is 8.04. The molecule has 25 heavy (non-hydrogen) atoms. The molecule has 1 N–H and O–H groups in total. The van der Waals surface area contributed by atoms with Gasteiger partial charge in [0.25, 0.3) is 0 Å². The Balaban J connectivity index is 1.47. The smallest absolute Gasteiger partial charge is 0.231 e. The lowest BCUT2D eigenvalue weighted by molar-refractivity contribution is -0.127. The Morgan fingerprint density at radius 3 is 2.76 bits per heavy atom. The van der Waals surface area contributed by atoms with Crippen LogP contribution in [0.5, 0.6) is 0 Å². The molecule has 2 aromatic heterocycles. The lowest BCUT2D eigenvalue weighted by atomic mass is 9.83. The van der Waals surface area contributed by atoms with E-state index in [1.165, 1.54) is 4.88 Å². The Kier molecular flexibility index (Phi) is 4.38. The Hall–Kier alpha value is -2.07. The maximum Gasteiger partial charge on any atom is 0.231 e. The summed E-state index contributed by atoms with van der Waals surface area (Å²) in [6.07, 6.45) is 4.88. The zero-order valence-corrected chi connectivity index (χ0v) is 15.3. The molecule has 1 saturated carbocycles. The van der Waals surface area contributed by atoms with Crippen LogP contribution < -0.4 is 5.32 Å². The first-order valence-corrected chi connectivity index (χ1v) is 9.88. The fourth-order valence-electron chi connectivity index (χ4n) is 3.97. The number of hydrogen-bond donors (Lipinski definition) is 1. The highest BCUT2D eigenvalue weighted by Crippen LogP contribution is 2.43. The molecule has 1 unspecified atom stereocenters. The number of rotatable bonds is 5. The predicted octanol–water partition coefficient (Wildman–Crippen LogP) is 5.05. The number of carbonyl (C=O) groups is 1. The van der Waals surface area contributed by atoms with Gasteiger partial charge in [-0.25, -0.2) is 0 Å². The summed E-state index contributed by atoms with van der Waals surface area (Å²) in [5.74, 6) is 1.10. The Morgan fingerprint density at radius 2 is 2.04 bits per heavy atom. The minimum atomic E-state index is -0.323. The molecule has 1 fully saturated rings. The molecule has 3 aromatic rings. The largest absolute Gasteiger partial charge is 0.461 e. The number of carbonyl (C=O) groups excluding carboxylic acids is 1. The van der Waals surface area contributed by atoms with Gasteiger partial charge in [-0.05, 0) is 43.3 Å². The molecule has 0 bridgehead atoms. The minimum Gasteiger partial charge on any atom is -0.461 e. The summed E-state index contributed by atoms with van der Waals surface area (Å²) in [7, 11) is 0. The summed E-state index contributed by atoms with van der Waals surface area (Å²) < 4.78 is 5.89. The molecular weight excluding hydrogens is 330 g/mol. The monoisotopic (exact) mass is 353 g/mol. The zero-order valence-electron chi connectivity index (χ0n) is 14.5. The summed E-state index contributed by atoms with van der Waals surface area (Å²) in [4.78, 5) is 14.3. The summed E-state index contributed by atoms with van der Waals surface area (Å²) in [6.45, 7) is 2.06. The van der Waals surface area contributed by atoms with Crippen LogP contribution in [0.1, 0.15) is 43.2 Å². The minimum absolute atomic E-state index is 0.0468. The Labute approximate surface area is 152 Å². The van der Waals surface area contributed by atoms with Crippen molar-refractivity contribution in [2.75, 3.05) is 0 Å². The molecule has 1 aliphatic carbocycles. The number of benzene rings is 1. The van der Waals surface area contributed by atoms with Crippen molar-refractivity contribution < 1.29 is 9.21 Å². The molecule has 1 atom stereocenters. The quantitative estimate of drug-likeness (QED) is 0.697. The summed E-state index contributed by atoms with van der Waals surface area (Å²) in [5.41, 5.74) is 0.581. The maximum atomic E-state index is 13.1. The predicted molar refractivity (Wildman–Crippen MR) is 102 cm³/mol. The van der Waals surface area contributed by atoms with E-state index in [2.05, 4.69) is 35.8 Å². The van der Waals surface area contributed by atoms with E-state index < -0.39 is 0 Å². The van der Waals surface area contributed by atoms with Crippen molar-refractivity contribution in [1.29, 1.82) is 0 Å². The Morgan fingerprint density at radius 1 is 1.24 bits per heavy atom. The first-order valence-electron chi connectivity index (χ1n) is 9.00. The van der Waals surface area contributed by atoms with Crippen molar-refractivity contribution in [2.24, 2.45) is 0 Å². The van der Waals surface area contributed by atoms with Gasteiger partial charge >= 0.3 is 0 Å². The van der Waals surface area contributed by atoms with Crippen LogP contribution in [0.4, 0.5) is 0 Å². The van der Waals surface area contributed by atoms with E-state index in [1.54, 1.807) is 11.3 Å². The molecule has 4 heteroatoms. The van der Waals surface area contributed by atoms with Gasteiger partial charge in [0.05, 0.1) is 5.41 Å². The lowest BCUT2D eigenvalue weighted by Crippen LogP contribution is -2.46. The standard InChI is InChI=1S/C21H23NO2S/c1-15(13-17-14-16-7-2-3-8-18(16)24-17)22-20(23)21(10-4-5-11-21)19-9-6-12-25-19/h2-3,6-9,12,14-15H,4-5,10-11,13H2,1H3,(H,22,23). The number of fused-ring (bicyclic) bond motifs is 1. The SMILES string of the molecule is CC(Cc1cc2ccccc2o1)NC(=O)C1(c2cccs2)CCCC1. The average molecular weight is 353 g/mol. The van der Waals surface area contributed by atoms with E-state index in [4.69, 9.17) is 4.42 Å². The summed E-state index contributed by atoms with van der Waals surface area (Å²) in [5, 5.41) is 6.43. The molecular formula is C21H23NO2S. The topological polar surface area (TPSA) is 42.2 Å². The molecule has 130 valence electrons. The van der Waals surface area contributed by atoms with Crippen LogP contribution in [-0.2, 0) is 16.6 Å². The van der Waals surface area contributed by atoms with Gasteiger partial charge in [-0.2, -0.15) is 0 Å². The van der Waals surface area contributed by atoms with E-state index >= 15 is 0 Å². The number of para-hydroxylation sites is 1. The molecule has 1 aliphatic rings. The van der Waals surface area contributed by atoms with Crippen molar-refractivity contribution in [1.82, 2.24) is 5.32 Å². The molecule has 1 amide bonds. The molecule has 2 heterocycles. The molecule has 1 aromatic carbocycles. The van der Waals surface area contributed by atoms with Crippen LogP contribution in [0, 0.1) is 0 Å². The number of furan rings is 1. The first kappa shape index (κ1) is 16.4. The summed E-state index contributed by atoms with van der Waals surface area (Å²) in [6, 6.07) is 14.3. The van der Waals surface area contributed by atoms with Crippen molar-refractivity contribution in [3.63, 3.8) is 0 Å². The van der Waals surface area contributed by atoms with Crippen molar-refractivity contribution >= 4 is 28.2 Å². The van der Waals surface area contributed by atoms with Gasteiger partial charge in [0.15, 0.2) is 0 Å². The molecule has 0 aliphatic heterocycles. The number of hydrogen-bond acceptors (Lipinski definition) is 3. The van der Waals surface area contributed by atoms with Gasteiger partial charge < -0.3 is 9.73 Å². The van der Waals surface area contributed by atoms with Crippen LogP contribution in [0.3, 0.4) is 0 Å². The van der Waals surface area contributed by atoms with Gasteiger partial charge in [0.2, 0.25) is 5.91 Å². The van der Waals surface area contributed by atoms with E-state index in [0.29, 0.717) is 6.42 Å². The van der Waals surface area contributed by atoms with Crippen LogP contribution in [0.25, 0.3) is 11.0 Å². The van der Waals surface area contributed by atoms with Crippen LogP contribution >= 0.6 is 11.3 Å². The molecule has 4 rings (SSSR count). The number of thiophene rings is 1. The second-order valence-electron chi connectivity index (χ2n) is 7.10. The van der Waals surface area contributed by atoms with Crippen molar-refractivity contribution in [3.05, 3.63) is 58.5 Å². The van der Waals surface area contributed by atoms with Gasteiger partial charge in [-0.1, -0.05) is 37.1 Å². The van der Waals surface area contributed by atoms with Gasteiger partial charge in [-0.15, -0.1) is 11.3 Å². The molecule has 0 saturated heterocycles. The summed E-state index contributed by atoms with van der Waals surface area (Å²) >= 11 is 1.70. The number of nitrogens with one attached hydrogen (secondary N) is 1. The lowest BCUT2D eigenvalue weighted by Gasteiger charge is -2.28. The van der Waals surface area contributed by atoms with Gasteiger partial charge in [-0.3, -0.25) is 4.79 Å². The molecule has 0 spiro atoms. The van der Waals surface area contributed by atoms with Crippen LogP contribution in [0.15, 0.2) is 52.3 Å². The molecule has 0 radical (unpaired) electrons. The fourth-order valence-corrected chi connectivity index (χ4v) is 4.95. The van der Waals surface area contributed by atoms with Gasteiger partial charge in [0, 0.05) is 22.7 Å². The first-order chi connectivity index (χ1) is 12.2. The second kappa shape index (κ2) is 6.68. The third-order valence-electron chi connectivity index (χ3n) is 5.25. The zero-order chi connectivity index (χ0) is 17.3. The molecule has 3 nitrogen and oxygen atoms in total. The van der Waals surface area contributed by atoms with Crippen molar-refractivity contribution in [3.8, 4) is 0 Å². The highest BCUT2D eigenvalue weighted by molar-refractivity contribution is 7.10. The van der Waals surface area contributed by atoms with Crippen LogP contribution in [0.2, 0.25) is 0 Å². The fraction of sp³-hybridized carbons (Fsp3) is 0.381. The highest BCUT2D eigenvalue weighted by Gasteiger charge is 2.43. The third kappa shape index (κ3) is 3.11. The van der Waals surface area contributed by atoms with Gasteiger partial charge in [0.1, 0.15) is 11.3 Å². The van der Waals surface area contributed by atoms with E-state index in [9.17, 15) is 4.79 Å². The van der Waals surface area contributed by atoms with Crippen LogP contribution in [-0.4, -0.2) is 11.9 Å². The Bertz CT molecular complexity index is 826. The van der Waals surface area contributed by atoms with E-state index in [-0.39, 0.29) is 17.4 Å². The highest BCUT2D eigenvalue weighted by atomic mass is 32.1. The normalized spacial score (nSPS) is 17.6. The average Bonchev–Trinajstić information content (AvgIpc) is 3.34. The van der Waals surface area contributed by atoms with Crippen molar-refractivity contribution in [2.45, 2.75) is 50.5 Å².